The van der Waals surface area contributed by atoms with Gasteiger partial charge in [-0.15, -0.1) is 0 Å². The van der Waals surface area contributed by atoms with Crippen LogP contribution in [-0.2, 0) is 0 Å². The number of benzene rings is 2. The molecule has 8 heteroatoms. The number of nitrogens with zero attached hydrogens (tertiary/aromatic N) is 1. The minimum Gasteiger partial charge on any atom is -0.507 e. The summed E-state index contributed by atoms with van der Waals surface area (Å²) in [4.78, 5) is 16.5. The lowest BCUT2D eigenvalue weighted by Gasteiger charge is -2.10. The van der Waals surface area contributed by atoms with Crippen LogP contribution in [0.2, 0.25) is 0 Å². The van der Waals surface area contributed by atoms with Crippen molar-refractivity contribution in [2.45, 2.75) is 13.8 Å². The number of oxazole rings is 1. The summed E-state index contributed by atoms with van der Waals surface area (Å²) in [5, 5.41) is 15.8. The number of thiocarbonyl (C=S) groups is 1. The lowest BCUT2D eigenvalue weighted by molar-refractivity contribution is 0.0950. The molecular weight excluding hydrogens is 390 g/mol. The molecule has 0 fully saturated rings. The number of amides is 1. The lowest BCUT2D eigenvalue weighted by Crippen LogP contribution is -2.33. The molecule has 3 N–H and O–H groups in total. The molecule has 4 rings (SSSR count). The highest BCUT2D eigenvalue weighted by atomic mass is 32.1. The van der Waals surface area contributed by atoms with Crippen LogP contribution < -0.4 is 10.6 Å². The third-order valence-corrected chi connectivity index (χ3v) is 4.48. The van der Waals surface area contributed by atoms with Crippen LogP contribution in [0.1, 0.15) is 21.7 Å². The van der Waals surface area contributed by atoms with E-state index >= 15 is 0 Å². The van der Waals surface area contributed by atoms with Gasteiger partial charge >= 0.3 is 0 Å². The Morgan fingerprint density at radius 3 is 2.76 bits per heavy atom. The first-order valence-corrected chi connectivity index (χ1v) is 9.18. The Kier molecular flexibility index (Phi) is 4.77. The zero-order chi connectivity index (χ0) is 20.5. The highest BCUT2D eigenvalue weighted by Crippen LogP contribution is 2.34. The van der Waals surface area contributed by atoms with E-state index in [1.165, 1.54) is 18.4 Å². The van der Waals surface area contributed by atoms with Crippen molar-refractivity contribution < 1.29 is 18.7 Å². The van der Waals surface area contributed by atoms with Crippen molar-refractivity contribution in [2.75, 3.05) is 5.32 Å². The molecule has 0 saturated carbocycles. The number of hydrogen-bond donors (Lipinski definition) is 3. The van der Waals surface area contributed by atoms with E-state index in [9.17, 15) is 9.90 Å². The standard InChI is InChI=1S/C21H17N3O4S/c1-11-8-12(2)18-15(9-11)23-20(28-18)14-10-13(5-6-16(14)25)22-21(29)24-19(26)17-4-3-7-27-17/h3-10,25H,1-2H3,(H2,22,24,26,29). The fourth-order valence-corrected chi connectivity index (χ4v) is 3.22. The van der Waals surface area contributed by atoms with Crippen LogP contribution in [0, 0.1) is 13.8 Å². The molecule has 0 aliphatic heterocycles. The van der Waals surface area contributed by atoms with Crippen molar-refractivity contribution in [3.8, 4) is 17.2 Å². The first-order valence-electron chi connectivity index (χ1n) is 8.78. The average Bonchev–Trinajstić information content (AvgIpc) is 3.33. The Morgan fingerprint density at radius 2 is 2.00 bits per heavy atom. The second-order valence-corrected chi connectivity index (χ2v) is 6.97. The topological polar surface area (TPSA) is 101 Å². The summed E-state index contributed by atoms with van der Waals surface area (Å²) in [6.07, 6.45) is 1.40. The van der Waals surface area contributed by atoms with Gasteiger partial charge in [0.1, 0.15) is 11.3 Å². The van der Waals surface area contributed by atoms with Crippen LogP contribution in [-0.4, -0.2) is 21.1 Å². The largest absolute Gasteiger partial charge is 0.507 e. The van der Waals surface area contributed by atoms with Crippen molar-refractivity contribution in [3.05, 3.63) is 65.6 Å². The number of fused-ring (bicyclic) bond motifs is 1. The fourth-order valence-electron chi connectivity index (χ4n) is 3.01. The number of carbonyl (C=O) groups is 1. The van der Waals surface area contributed by atoms with Crippen LogP contribution in [0.25, 0.3) is 22.6 Å². The van der Waals surface area contributed by atoms with Gasteiger partial charge in [-0.25, -0.2) is 4.98 Å². The van der Waals surface area contributed by atoms with Crippen molar-refractivity contribution in [3.63, 3.8) is 0 Å². The normalized spacial score (nSPS) is 10.8. The molecule has 0 spiro atoms. The van der Waals surface area contributed by atoms with E-state index in [0.29, 0.717) is 22.7 Å². The number of aromatic hydroxyl groups is 1. The molecule has 0 atom stereocenters. The minimum absolute atomic E-state index is 0.0158. The summed E-state index contributed by atoms with van der Waals surface area (Å²) in [5.41, 5.74) is 4.39. The number of rotatable bonds is 3. The molecule has 2 aromatic heterocycles. The SMILES string of the molecule is Cc1cc(C)c2oc(-c3cc(NC(=S)NC(=O)c4ccco4)ccc3O)nc2c1. The van der Waals surface area contributed by atoms with Gasteiger partial charge in [-0.2, -0.15) is 0 Å². The summed E-state index contributed by atoms with van der Waals surface area (Å²) in [6, 6.07) is 11.9. The summed E-state index contributed by atoms with van der Waals surface area (Å²) in [7, 11) is 0. The molecule has 7 nitrogen and oxygen atoms in total. The fraction of sp³-hybridized carbons (Fsp3) is 0.0952. The van der Waals surface area contributed by atoms with Crippen molar-refractivity contribution in [1.82, 2.24) is 10.3 Å². The molecule has 0 radical (unpaired) electrons. The van der Waals surface area contributed by atoms with E-state index in [0.717, 1.165) is 16.6 Å². The second kappa shape index (κ2) is 7.40. The van der Waals surface area contributed by atoms with E-state index in [1.807, 2.05) is 26.0 Å². The number of carbonyl (C=O) groups excluding carboxylic acids is 1. The summed E-state index contributed by atoms with van der Waals surface area (Å²) in [5.74, 6) is -0.00334. The predicted molar refractivity (Wildman–Crippen MR) is 113 cm³/mol. The minimum atomic E-state index is -0.462. The Morgan fingerprint density at radius 1 is 1.17 bits per heavy atom. The predicted octanol–water partition coefficient (Wildman–Crippen LogP) is 4.54. The number of phenolic OH excluding ortho intramolecular Hbond substituents is 1. The molecule has 0 aliphatic carbocycles. The molecule has 0 bridgehead atoms. The Balaban J connectivity index is 1.59. The third kappa shape index (κ3) is 3.83. The maximum atomic E-state index is 12.0. The van der Waals surface area contributed by atoms with Gasteiger partial charge < -0.3 is 19.3 Å². The van der Waals surface area contributed by atoms with E-state index in [4.69, 9.17) is 21.1 Å². The highest BCUT2D eigenvalue weighted by Gasteiger charge is 2.16. The van der Waals surface area contributed by atoms with E-state index in [-0.39, 0.29) is 16.6 Å². The molecule has 0 saturated heterocycles. The van der Waals surface area contributed by atoms with E-state index in [1.54, 1.807) is 18.2 Å². The molecule has 146 valence electrons. The van der Waals surface area contributed by atoms with Crippen LogP contribution >= 0.6 is 12.2 Å². The molecule has 2 heterocycles. The number of hydrogen-bond acceptors (Lipinski definition) is 6. The van der Waals surface area contributed by atoms with Crippen molar-refractivity contribution >= 4 is 40.0 Å². The van der Waals surface area contributed by atoms with Gasteiger partial charge in [-0.1, -0.05) is 6.07 Å². The molecule has 4 aromatic rings. The molecule has 2 aromatic carbocycles. The molecule has 0 aliphatic rings. The lowest BCUT2D eigenvalue weighted by atomic mass is 10.1. The number of nitrogens with one attached hydrogen (secondary N) is 2. The van der Waals surface area contributed by atoms with Gasteiger partial charge in [-0.05, 0) is 73.6 Å². The number of aromatic nitrogens is 1. The molecule has 29 heavy (non-hydrogen) atoms. The van der Waals surface area contributed by atoms with Crippen LogP contribution in [0.5, 0.6) is 5.75 Å². The Hall–Kier alpha value is -3.65. The Bertz CT molecular complexity index is 1230. The first kappa shape index (κ1) is 18.7. The average molecular weight is 407 g/mol. The zero-order valence-electron chi connectivity index (χ0n) is 15.6. The highest BCUT2D eigenvalue weighted by molar-refractivity contribution is 7.80. The molecular formula is C21H17N3O4S. The number of phenols is 1. The van der Waals surface area contributed by atoms with Gasteiger partial charge in [0.05, 0.1) is 11.8 Å². The summed E-state index contributed by atoms with van der Waals surface area (Å²) < 4.78 is 10.9. The van der Waals surface area contributed by atoms with Crippen molar-refractivity contribution in [2.24, 2.45) is 0 Å². The third-order valence-electron chi connectivity index (χ3n) is 4.28. The van der Waals surface area contributed by atoms with Crippen molar-refractivity contribution in [1.29, 1.82) is 0 Å². The van der Waals surface area contributed by atoms with Crippen LogP contribution in [0.3, 0.4) is 0 Å². The smallest absolute Gasteiger partial charge is 0.293 e. The van der Waals surface area contributed by atoms with Crippen LogP contribution in [0.15, 0.2) is 57.6 Å². The maximum Gasteiger partial charge on any atom is 0.293 e. The van der Waals surface area contributed by atoms with Crippen LogP contribution in [0.4, 0.5) is 5.69 Å². The van der Waals surface area contributed by atoms with Gasteiger partial charge in [0.2, 0.25) is 5.89 Å². The number of aryl methyl sites for hydroxylation is 2. The van der Waals surface area contributed by atoms with Gasteiger partial charge in [-0.3, -0.25) is 10.1 Å². The Labute approximate surface area is 171 Å². The van der Waals surface area contributed by atoms with Gasteiger partial charge in [0.25, 0.3) is 5.91 Å². The zero-order valence-corrected chi connectivity index (χ0v) is 16.5. The summed E-state index contributed by atoms with van der Waals surface area (Å²) in [6.45, 7) is 3.93. The number of furan rings is 1. The van der Waals surface area contributed by atoms with E-state index in [2.05, 4.69) is 15.6 Å². The maximum absolute atomic E-state index is 12.0. The van der Waals surface area contributed by atoms with E-state index < -0.39 is 5.91 Å². The first-order chi connectivity index (χ1) is 13.9. The number of anilines is 1. The molecule has 0 unspecified atom stereocenters. The van der Waals surface area contributed by atoms with Gasteiger partial charge in [0.15, 0.2) is 16.5 Å². The van der Waals surface area contributed by atoms with Gasteiger partial charge in [0, 0.05) is 5.69 Å². The quantitative estimate of drug-likeness (QED) is 0.339. The molecule has 1 amide bonds. The monoisotopic (exact) mass is 407 g/mol. The second-order valence-electron chi connectivity index (χ2n) is 6.57. The summed E-state index contributed by atoms with van der Waals surface area (Å²) >= 11 is 5.18.